The number of ether oxygens (including phenoxy) is 1. The highest BCUT2D eigenvalue weighted by molar-refractivity contribution is 5.90. The van der Waals surface area contributed by atoms with Crippen LogP contribution in [0.15, 0.2) is 79.3 Å². The zero-order valence-electron chi connectivity index (χ0n) is 19.5. The van der Waals surface area contributed by atoms with Gasteiger partial charge in [0.1, 0.15) is 6.10 Å². The third-order valence-corrected chi connectivity index (χ3v) is 6.29. The number of benzene rings is 2. The van der Waals surface area contributed by atoms with Crippen LogP contribution in [0.25, 0.3) is 0 Å². The van der Waals surface area contributed by atoms with Gasteiger partial charge >= 0.3 is 5.97 Å². The summed E-state index contributed by atoms with van der Waals surface area (Å²) in [5.74, 6) is -0.406. The largest absolute Gasteiger partial charge is 1.00 e. The second kappa shape index (κ2) is 11.5. The van der Waals surface area contributed by atoms with Crippen molar-refractivity contribution in [1.82, 2.24) is 9.97 Å². The van der Waals surface area contributed by atoms with E-state index in [4.69, 9.17) is 4.74 Å². The Morgan fingerprint density at radius 2 is 1.60 bits per heavy atom. The third-order valence-electron chi connectivity index (χ3n) is 6.29. The van der Waals surface area contributed by atoms with E-state index in [9.17, 15) is 14.7 Å². The highest BCUT2D eigenvalue weighted by atomic mass is 79.9. The average molecular weight is 541 g/mol. The summed E-state index contributed by atoms with van der Waals surface area (Å²) in [5.41, 5.74) is -0.971. The van der Waals surface area contributed by atoms with Gasteiger partial charge < -0.3 is 36.6 Å². The van der Waals surface area contributed by atoms with Gasteiger partial charge in [0.2, 0.25) is 5.60 Å². The topological polar surface area (TPSA) is 101 Å². The molecule has 8 nitrogen and oxygen atoms in total. The number of carbonyl (C=O) groups excluding carboxylic acids is 2. The highest BCUT2D eigenvalue weighted by Gasteiger charge is 2.44. The number of nitrogens with zero attached hydrogens (tertiary/aromatic N) is 3. The van der Waals surface area contributed by atoms with E-state index in [0.717, 1.165) is 0 Å². The van der Waals surface area contributed by atoms with Gasteiger partial charge in [0.05, 0.1) is 26.3 Å². The zero-order chi connectivity index (χ0) is 24.0. The molecule has 184 valence electrons. The van der Waals surface area contributed by atoms with Crippen molar-refractivity contribution in [2.45, 2.75) is 24.5 Å². The van der Waals surface area contributed by atoms with Crippen molar-refractivity contribution in [2.24, 2.45) is 0 Å². The summed E-state index contributed by atoms with van der Waals surface area (Å²) in [5, 5.41) is 14.3. The number of nitrogens with one attached hydrogen (secondary N) is 1. The van der Waals surface area contributed by atoms with E-state index >= 15 is 0 Å². The SMILES string of the molecule is C[N+]1(CC(=O)Nc2cnccn2)CCC(OC(=O)C(O)(c2ccccc2)c2ccccc2)CC1.[Br-]. The molecule has 9 heteroatoms. The van der Waals surface area contributed by atoms with Crippen LogP contribution in [0.1, 0.15) is 24.0 Å². The molecule has 2 N–H and O–H groups in total. The number of quaternary nitrogens is 1. The van der Waals surface area contributed by atoms with Crippen molar-refractivity contribution in [3.63, 3.8) is 0 Å². The van der Waals surface area contributed by atoms with Gasteiger partial charge in [0.25, 0.3) is 5.91 Å². The van der Waals surface area contributed by atoms with Crippen molar-refractivity contribution >= 4 is 17.7 Å². The number of piperidine rings is 1. The van der Waals surface area contributed by atoms with E-state index in [0.29, 0.717) is 47.4 Å². The lowest BCUT2D eigenvalue weighted by Crippen LogP contribution is -3.00. The van der Waals surface area contributed by atoms with E-state index in [2.05, 4.69) is 15.3 Å². The van der Waals surface area contributed by atoms with Gasteiger partial charge in [-0.3, -0.25) is 9.78 Å². The summed E-state index contributed by atoms with van der Waals surface area (Å²) in [4.78, 5) is 33.8. The zero-order valence-corrected chi connectivity index (χ0v) is 21.1. The highest BCUT2D eigenvalue weighted by Crippen LogP contribution is 2.32. The number of esters is 1. The van der Waals surface area contributed by atoms with Gasteiger partial charge in [-0.25, -0.2) is 9.78 Å². The number of anilines is 1. The number of likely N-dealkylation sites (tertiary alicyclic amines) is 1. The van der Waals surface area contributed by atoms with Crippen LogP contribution < -0.4 is 22.3 Å². The van der Waals surface area contributed by atoms with Crippen LogP contribution in [0.4, 0.5) is 5.82 Å². The van der Waals surface area contributed by atoms with E-state index in [1.54, 1.807) is 54.7 Å². The van der Waals surface area contributed by atoms with Crippen LogP contribution in [-0.2, 0) is 19.9 Å². The maximum Gasteiger partial charge on any atom is 0.347 e. The summed E-state index contributed by atoms with van der Waals surface area (Å²) >= 11 is 0. The van der Waals surface area contributed by atoms with E-state index in [1.165, 1.54) is 12.4 Å². The second-order valence-electron chi connectivity index (χ2n) is 8.91. The van der Waals surface area contributed by atoms with E-state index < -0.39 is 11.6 Å². The molecular formula is C26H29BrN4O4. The van der Waals surface area contributed by atoms with Crippen LogP contribution >= 0.6 is 0 Å². The average Bonchev–Trinajstić information content (AvgIpc) is 2.86. The minimum Gasteiger partial charge on any atom is -1.00 e. The van der Waals surface area contributed by atoms with Crippen molar-refractivity contribution in [3.05, 3.63) is 90.4 Å². The van der Waals surface area contributed by atoms with Gasteiger partial charge in [-0.1, -0.05) is 60.7 Å². The first-order valence-corrected chi connectivity index (χ1v) is 11.3. The molecule has 1 aliphatic heterocycles. The van der Waals surface area contributed by atoms with Crippen LogP contribution in [-0.4, -0.2) is 64.2 Å². The molecule has 0 atom stereocenters. The molecule has 4 rings (SSSR count). The molecule has 1 aromatic heterocycles. The predicted molar refractivity (Wildman–Crippen MR) is 126 cm³/mol. The van der Waals surface area contributed by atoms with Gasteiger partial charge in [-0.2, -0.15) is 0 Å². The molecule has 2 heterocycles. The minimum absolute atomic E-state index is 0. The lowest BCUT2D eigenvalue weighted by atomic mass is 9.86. The monoisotopic (exact) mass is 540 g/mol. The Morgan fingerprint density at radius 3 is 2.11 bits per heavy atom. The Labute approximate surface area is 215 Å². The van der Waals surface area contributed by atoms with Crippen molar-refractivity contribution in [1.29, 1.82) is 0 Å². The third kappa shape index (κ3) is 6.30. The molecule has 0 saturated carbocycles. The predicted octanol–water partition coefficient (Wildman–Crippen LogP) is -0.493. The van der Waals surface area contributed by atoms with E-state index in [1.807, 2.05) is 19.2 Å². The fourth-order valence-corrected chi connectivity index (χ4v) is 4.33. The molecule has 0 bridgehead atoms. The fraction of sp³-hybridized carbons (Fsp3) is 0.308. The van der Waals surface area contributed by atoms with Crippen LogP contribution in [0.5, 0.6) is 0 Å². The molecule has 1 fully saturated rings. The maximum absolute atomic E-state index is 13.3. The van der Waals surface area contributed by atoms with Crippen molar-refractivity contribution < 1.29 is 40.9 Å². The molecule has 35 heavy (non-hydrogen) atoms. The first-order valence-electron chi connectivity index (χ1n) is 11.3. The first-order chi connectivity index (χ1) is 16.4. The number of aromatic nitrogens is 2. The molecule has 1 aliphatic rings. The molecular weight excluding hydrogens is 512 g/mol. The number of rotatable bonds is 7. The smallest absolute Gasteiger partial charge is 0.347 e. The van der Waals surface area contributed by atoms with Gasteiger partial charge in [0, 0.05) is 25.2 Å². The molecule has 2 aromatic carbocycles. The molecule has 1 amide bonds. The standard InChI is InChI=1S/C26H28N4O4.BrH/c1-30(19-24(31)29-23-18-27-14-15-28-23)16-12-22(13-17-30)34-25(32)26(33,20-8-4-2-5-9-20)21-10-6-3-7-11-21;/h2-11,14-15,18,22,33H,12-13,16-17,19H2,1H3;1H. The molecule has 0 aliphatic carbocycles. The molecule has 3 aromatic rings. The Bertz CT molecular complexity index is 1070. The summed E-state index contributed by atoms with van der Waals surface area (Å²) in [6.07, 6.45) is 5.44. The van der Waals surface area contributed by atoms with Crippen molar-refractivity contribution in [3.8, 4) is 0 Å². The Hall–Kier alpha value is -3.14. The lowest BCUT2D eigenvalue weighted by Gasteiger charge is -2.40. The van der Waals surface area contributed by atoms with E-state index in [-0.39, 0.29) is 35.5 Å². The number of hydrogen-bond donors (Lipinski definition) is 2. The normalized spacial score (nSPS) is 19.8. The fourth-order valence-electron chi connectivity index (χ4n) is 4.33. The van der Waals surface area contributed by atoms with Gasteiger partial charge in [-0.05, 0) is 11.1 Å². The summed E-state index contributed by atoms with van der Waals surface area (Å²) in [6, 6.07) is 17.7. The minimum atomic E-state index is -1.89. The quantitative estimate of drug-likeness (QED) is 0.309. The molecule has 1 saturated heterocycles. The Kier molecular flexibility index (Phi) is 8.71. The second-order valence-corrected chi connectivity index (χ2v) is 8.91. The summed E-state index contributed by atoms with van der Waals surface area (Å²) in [7, 11) is 2.01. The first kappa shape index (κ1) is 26.5. The number of hydrogen-bond acceptors (Lipinski definition) is 6. The number of halogens is 1. The van der Waals surface area contributed by atoms with Crippen LogP contribution in [0, 0.1) is 0 Å². The molecule has 0 radical (unpaired) electrons. The number of amides is 1. The van der Waals surface area contributed by atoms with Crippen LogP contribution in [0.3, 0.4) is 0 Å². The number of likely N-dealkylation sites (N-methyl/N-ethyl adjacent to an activating group) is 1. The maximum atomic E-state index is 13.3. The summed E-state index contributed by atoms with van der Waals surface area (Å²) in [6.45, 7) is 1.62. The number of carbonyl (C=O) groups is 2. The Morgan fingerprint density at radius 1 is 1.03 bits per heavy atom. The van der Waals surface area contributed by atoms with Gasteiger partial charge in [0.15, 0.2) is 12.4 Å². The summed E-state index contributed by atoms with van der Waals surface area (Å²) < 4.78 is 6.37. The molecule has 0 unspecified atom stereocenters. The molecule has 0 spiro atoms. The van der Waals surface area contributed by atoms with Crippen LogP contribution in [0.2, 0.25) is 0 Å². The lowest BCUT2D eigenvalue weighted by molar-refractivity contribution is -0.907. The van der Waals surface area contributed by atoms with Gasteiger partial charge in [-0.15, -0.1) is 0 Å². The van der Waals surface area contributed by atoms with Crippen molar-refractivity contribution in [2.75, 3.05) is 32.0 Å². The number of aliphatic hydroxyl groups is 1. The Balaban J connectivity index is 0.00000342.